The van der Waals surface area contributed by atoms with Gasteiger partial charge in [-0.25, -0.2) is 4.98 Å². The van der Waals surface area contributed by atoms with Gasteiger partial charge < -0.3 is 10.2 Å². The molecule has 0 saturated heterocycles. The molecule has 0 fully saturated rings. The summed E-state index contributed by atoms with van der Waals surface area (Å²) < 4.78 is 0. The molecule has 1 amide bonds. The maximum atomic E-state index is 12.1. The fourth-order valence-corrected chi connectivity index (χ4v) is 2.04. The monoisotopic (exact) mass is 298 g/mol. The average molecular weight is 298 g/mol. The lowest BCUT2D eigenvalue weighted by Gasteiger charge is -2.18. The van der Waals surface area contributed by atoms with Crippen molar-refractivity contribution >= 4 is 11.6 Å². The second kappa shape index (κ2) is 8.12. The number of aromatic nitrogens is 2. The highest BCUT2D eigenvalue weighted by atomic mass is 16.1. The first kappa shape index (κ1) is 15.9. The molecule has 0 unspecified atom stereocenters. The summed E-state index contributed by atoms with van der Waals surface area (Å²) >= 11 is 0. The molecule has 0 radical (unpaired) electrons. The highest BCUT2D eigenvalue weighted by Gasteiger charge is 2.08. The van der Waals surface area contributed by atoms with Gasteiger partial charge in [-0.1, -0.05) is 13.3 Å². The van der Waals surface area contributed by atoms with E-state index in [0.717, 1.165) is 30.6 Å². The van der Waals surface area contributed by atoms with Crippen molar-refractivity contribution in [1.82, 2.24) is 15.3 Å². The summed E-state index contributed by atoms with van der Waals surface area (Å²) in [5, 5.41) is 2.86. The van der Waals surface area contributed by atoms with E-state index in [0.29, 0.717) is 12.2 Å². The van der Waals surface area contributed by atoms with Crippen molar-refractivity contribution in [3.8, 4) is 0 Å². The number of pyridine rings is 2. The normalized spacial score (nSPS) is 10.3. The number of nitrogens with one attached hydrogen (secondary N) is 1. The van der Waals surface area contributed by atoms with Crippen LogP contribution in [0.1, 0.15) is 35.8 Å². The molecule has 0 bridgehead atoms. The van der Waals surface area contributed by atoms with Crippen LogP contribution in [0.2, 0.25) is 0 Å². The molecular weight excluding hydrogens is 276 g/mol. The molecule has 0 spiro atoms. The zero-order valence-electron chi connectivity index (χ0n) is 13.1. The molecule has 0 atom stereocenters. The molecule has 116 valence electrons. The fourth-order valence-electron chi connectivity index (χ4n) is 2.04. The molecule has 0 aliphatic rings. The smallest absolute Gasteiger partial charge is 0.270 e. The van der Waals surface area contributed by atoms with Gasteiger partial charge in [-0.15, -0.1) is 0 Å². The number of rotatable bonds is 7. The Morgan fingerprint density at radius 1 is 1.23 bits per heavy atom. The molecule has 0 aromatic carbocycles. The summed E-state index contributed by atoms with van der Waals surface area (Å²) in [6.45, 7) is 3.63. The number of nitrogens with zero attached hydrogens (tertiary/aromatic N) is 3. The maximum absolute atomic E-state index is 12.1. The number of carbonyl (C=O) groups excluding carboxylic acids is 1. The first-order valence-corrected chi connectivity index (χ1v) is 7.55. The summed E-state index contributed by atoms with van der Waals surface area (Å²) in [5.74, 6) is -0.167. The summed E-state index contributed by atoms with van der Waals surface area (Å²) in [7, 11) is 2.04. The van der Waals surface area contributed by atoms with E-state index in [1.807, 2.05) is 25.2 Å². The molecule has 5 nitrogen and oxygen atoms in total. The van der Waals surface area contributed by atoms with Crippen LogP contribution in [0.25, 0.3) is 0 Å². The quantitative estimate of drug-likeness (QED) is 0.853. The average Bonchev–Trinajstić information content (AvgIpc) is 2.58. The first-order valence-electron chi connectivity index (χ1n) is 7.55. The number of unbranched alkanes of at least 4 members (excludes halogenated alkanes) is 1. The molecule has 2 heterocycles. The van der Waals surface area contributed by atoms with Crippen LogP contribution in [0.3, 0.4) is 0 Å². The number of anilines is 1. The zero-order chi connectivity index (χ0) is 15.8. The van der Waals surface area contributed by atoms with Gasteiger partial charge in [0.05, 0.1) is 11.9 Å². The van der Waals surface area contributed by atoms with Crippen LogP contribution >= 0.6 is 0 Å². The molecule has 5 heteroatoms. The Kier molecular flexibility index (Phi) is 5.89. The molecule has 0 aliphatic carbocycles. The molecule has 0 saturated carbocycles. The van der Waals surface area contributed by atoms with E-state index in [2.05, 4.69) is 27.1 Å². The second-order valence-corrected chi connectivity index (χ2v) is 5.21. The summed E-state index contributed by atoms with van der Waals surface area (Å²) in [6, 6.07) is 7.45. The lowest BCUT2D eigenvalue weighted by molar-refractivity contribution is 0.0946. The first-order chi connectivity index (χ1) is 10.7. The van der Waals surface area contributed by atoms with E-state index in [-0.39, 0.29) is 5.91 Å². The van der Waals surface area contributed by atoms with Crippen molar-refractivity contribution in [2.75, 3.05) is 18.5 Å². The van der Waals surface area contributed by atoms with Gasteiger partial charge in [-0.3, -0.25) is 9.78 Å². The van der Waals surface area contributed by atoms with E-state index >= 15 is 0 Å². The maximum Gasteiger partial charge on any atom is 0.270 e. The van der Waals surface area contributed by atoms with Crippen molar-refractivity contribution < 1.29 is 4.79 Å². The second-order valence-electron chi connectivity index (χ2n) is 5.21. The van der Waals surface area contributed by atoms with Gasteiger partial charge in [-0.05, 0) is 36.2 Å². The summed E-state index contributed by atoms with van der Waals surface area (Å²) in [5.41, 5.74) is 2.47. The van der Waals surface area contributed by atoms with Crippen LogP contribution in [0.4, 0.5) is 5.69 Å². The highest BCUT2D eigenvalue weighted by molar-refractivity contribution is 5.92. The SMILES string of the molecule is CCCCN(C)c1ccc(C(=O)NCc2ccncc2)nc1. The van der Waals surface area contributed by atoms with Crippen LogP contribution in [-0.2, 0) is 6.54 Å². The minimum Gasteiger partial charge on any atom is -0.373 e. The molecule has 2 rings (SSSR count). The number of amides is 1. The third-order valence-corrected chi connectivity index (χ3v) is 3.47. The lowest BCUT2D eigenvalue weighted by atomic mass is 10.2. The Bertz CT molecular complexity index is 583. The van der Waals surface area contributed by atoms with Crippen molar-refractivity contribution in [2.45, 2.75) is 26.3 Å². The molecule has 0 aliphatic heterocycles. The Hall–Kier alpha value is -2.43. The fraction of sp³-hybridized carbons (Fsp3) is 0.353. The van der Waals surface area contributed by atoms with Crippen LogP contribution < -0.4 is 10.2 Å². The van der Waals surface area contributed by atoms with E-state index in [1.54, 1.807) is 24.7 Å². The third kappa shape index (κ3) is 4.55. The lowest BCUT2D eigenvalue weighted by Crippen LogP contribution is -2.24. The van der Waals surface area contributed by atoms with Gasteiger partial charge in [0, 0.05) is 32.5 Å². The van der Waals surface area contributed by atoms with E-state index < -0.39 is 0 Å². The van der Waals surface area contributed by atoms with Crippen LogP contribution in [0, 0.1) is 0 Å². The molecule has 2 aromatic rings. The standard InChI is InChI=1S/C17H22N4O/c1-3-4-11-21(2)15-5-6-16(19-13-15)17(22)20-12-14-7-9-18-10-8-14/h5-10,13H,3-4,11-12H2,1-2H3,(H,20,22). The Morgan fingerprint density at radius 2 is 2.00 bits per heavy atom. The van der Waals surface area contributed by atoms with E-state index in [1.165, 1.54) is 0 Å². The van der Waals surface area contributed by atoms with Crippen molar-refractivity contribution in [3.05, 3.63) is 54.1 Å². The number of hydrogen-bond donors (Lipinski definition) is 1. The predicted molar refractivity (Wildman–Crippen MR) is 87.8 cm³/mol. The Labute approximate surface area is 131 Å². The number of hydrogen-bond acceptors (Lipinski definition) is 4. The van der Waals surface area contributed by atoms with Gasteiger partial charge in [0.25, 0.3) is 5.91 Å². The van der Waals surface area contributed by atoms with Gasteiger partial charge in [0.15, 0.2) is 0 Å². The van der Waals surface area contributed by atoms with Gasteiger partial charge in [-0.2, -0.15) is 0 Å². The third-order valence-electron chi connectivity index (χ3n) is 3.47. The van der Waals surface area contributed by atoms with Crippen molar-refractivity contribution in [1.29, 1.82) is 0 Å². The Morgan fingerprint density at radius 3 is 2.64 bits per heavy atom. The van der Waals surface area contributed by atoms with E-state index in [4.69, 9.17) is 0 Å². The highest BCUT2D eigenvalue weighted by Crippen LogP contribution is 2.12. The molecular formula is C17H22N4O. The van der Waals surface area contributed by atoms with Gasteiger partial charge in [0.1, 0.15) is 5.69 Å². The summed E-state index contributed by atoms with van der Waals surface area (Å²) in [4.78, 5) is 22.4. The van der Waals surface area contributed by atoms with Crippen LogP contribution in [0.5, 0.6) is 0 Å². The minimum atomic E-state index is -0.167. The zero-order valence-corrected chi connectivity index (χ0v) is 13.1. The molecule has 22 heavy (non-hydrogen) atoms. The molecule has 1 N–H and O–H groups in total. The van der Waals surface area contributed by atoms with Gasteiger partial charge >= 0.3 is 0 Å². The Balaban J connectivity index is 1.90. The van der Waals surface area contributed by atoms with E-state index in [9.17, 15) is 4.79 Å². The number of carbonyl (C=O) groups is 1. The summed E-state index contributed by atoms with van der Waals surface area (Å²) in [6.07, 6.45) is 7.47. The van der Waals surface area contributed by atoms with Crippen LogP contribution in [0.15, 0.2) is 42.9 Å². The molecule has 2 aromatic heterocycles. The largest absolute Gasteiger partial charge is 0.373 e. The minimum absolute atomic E-state index is 0.167. The topological polar surface area (TPSA) is 58.1 Å². The van der Waals surface area contributed by atoms with Gasteiger partial charge in [0.2, 0.25) is 0 Å². The van der Waals surface area contributed by atoms with Crippen molar-refractivity contribution in [3.63, 3.8) is 0 Å². The van der Waals surface area contributed by atoms with Crippen molar-refractivity contribution in [2.24, 2.45) is 0 Å². The van der Waals surface area contributed by atoms with Crippen LogP contribution in [-0.4, -0.2) is 29.5 Å². The predicted octanol–water partition coefficient (Wildman–Crippen LogP) is 2.64.